The highest BCUT2D eigenvalue weighted by Crippen LogP contribution is 2.36. The third-order valence-electron chi connectivity index (χ3n) is 5.44. The van der Waals surface area contributed by atoms with Gasteiger partial charge in [0.15, 0.2) is 5.82 Å². The number of aromatic nitrogens is 5. The molecule has 0 bridgehead atoms. The first-order chi connectivity index (χ1) is 15.0. The zero-order valence-corrected chi connectivity index (χ0v) is 17.9. The van der Waals surface area contributed by atoms with Crippen LogP contribution in [0, 0.1) is 13.8 Å². The molecule has 3 aromatic heterocycles. The third-order valence-corrected chi connectivity index (χ3v) is 5.44. The van der Waals surface area contributed by atoms with Crippen LogP contribution in [0.4, 0.5) is 17.5 Å². The summed E-state index contributed by atoms with van der Waals surface area (Å²) >= 11 is 0. The highest BCUT2D eigenvalue weighted by atomic mass is 15.3. The van der Waals surface area contributed by atoms with Crippen molar-refractivity contribution in [3.8, 4) is 11.1 Å². The maximum atomic E-state index is 4.77. The van der Waals surface area contributed by atoms with E-state index in [0.29, 0.717) is 5.95 Å². The van der Waals surface area contributed by atoms with Gasteiger partial charge in [-0.3, -0.25) is 9.67 Å². The molecule has 0 amide bonds. The van der Waals surface area contributed by atoms with Crippen LogP contribution in [0.3, 0.4) is 0 Å². The van der Waals surface area contributed by atoms with Gasteiger partial charge in [-0.2, -0.15) is 5.10 Å². The van der Waals surface area contributed by atoms with Crippen molar-refractivity contribution < 1.29 is 0 Å². The second kappa shape index (κ2) is 7.36. The highest BCUT2D eigenvalue weighted by Gasteiger charge is 2.16. The molecule has 3 heterocycles. The van der Waals surface area contributed by atoms with Crippen LogP contribution in [0.1, 0.15) is 11.1 Å². The molecule has 7 heteroatoms. The maximum Gasteiger partial charge on any atom is 0.222 e. The first-order valence-electron chi connectivity index (χ1n) is 10.1. The lowest BCUT2D eigenvalue weighted by molar-refractivity contribution is 0.801. The first kappa shape index (κ1) is 19.0. The zero-order valence-electron chi connectivity index (χ0n) is 17.9. The van der Waals surface area contributed by atoms with Gasteiger partial charge in [0.25, 0.3) is 0 Å². The Bertz CT molecular complexity index is 1440. The van der Waals surface area contributed by atoms with E-state index in [1.165, 1.54) is 5.56 Å². The van der Waals surface area contributed by atoms with Crippen molar-refractivity contribution in [3.63, 3.8) is 0 Å². The van der Waals surface area contributed by atoms with E-state index in [0.717, 1.165) is 50.0 Å². The zero-order chi connectivity index (χ0) is 21.5. The minimum absolute atomic E-state index is 0.617. The van der Waals surface area contributed by atoms with Crippen molar-refractivity contribution in [2.75, 3.05) is 17.7 Å². The van der Waals surface area contributed by atoms with E-state index >= 15 is 0 Å². The van der Waals surface area contributed by atoms with E-state index < -0.39 is 0 Å². The fraction of sp³-hybridized carbons (Fsp3) is 0.167. The Morgan fingerprint density at radius 3 is 2.65 bits per heavy atom. The molecule has 0 spiro atoms. The number of fused-ring (bicyclic) bond motifs is 2. The van der Waals surface area contributed by atoms with Crippen LogP contribution in [0.25, 0.3) is 32.9 Å². The lowest BCUT2D eigenvalue weighted by Crippen LogP contribution is -1.97. The van der Waals surface area contributed by atoms with Crippen molar-refractivity contribution in [2.45, 2.75) is 13.8 Å². The Kier molecular flexibility index (Phi) is 4.51. The fourth-order valence-corrected chi connectivity index (χ4v) is 4.00. The first-order valence-corrected chi connectivity index (χ1v) is 10.1. The van der Waals surface area contributed by atoms with Gasteiger partial charge in [-0.1, -0.05) is 12.1 Å². The van der Waals surface area contributed by atoms with Gasteiger partial charge in [0, 0.05) is 42.8 Å². The maximum absolute atomic E-state index is 4.77. The molecule has 0 saturated heterocycles. The summed E-state index contributed by atoms with van der Waals surface area (Å²) in [6.07, 6.45) is 5.51. The van der Waals surface area contributed by atoms with Gasteiger partial charge >= 0.3 is 0 Å². The molecule has 2 N–H and O–H groups in total. The topological polar surface area (TPSA) is 80.5 Å². The van der Waals surface area contributed by atoms with E-state index in [4.69, 9.17) is 5.10 Å². The van der Waals surface area contributed by atoms with Crippen LogP contribution in [0.2, 0.25) is 0 Å². The molecule has 31 heavy (non-hydrogen) atoms. The Hall–Kier alpha value is -4.00. The van der Waals surface area contributed by atoms with Crippen molar-refractivity contribution in [1.82, 2.24) is 24.7 Å². The fourth-order valence-electron chi connectivity index (χ4n) is 4.00. The standard InChI is InChI=1S/C24H23N7/c1-14-9-18(13-26-11-14)28-23-19-7-5-15(2)21(22(19)31(4)30-23)16-6-8-20-17(10-16)12-27-24(25-3)29-20/h5-13H,1-4H3,(H,28,30)(H,25,27,29). The summed E-state index contributed by atoms with van der Waals surface area (Å²) in [5, 5.41) is 13.2. The molecule has 0 fully saturated rings. The molecule has 154 valence electrons. The molecule has 5 rings (SSSR count). The van der Waals surface area contributed by atoms with Gasteiger partial charge in [0.05, 0.1) is 22.9 Å². The van der Waals surface area contributed by atoms with Crippen molar-refractivity contribution in [1.29, 1.82) is 0 Å². The largest absolute Gasteiger partial charge is 0.357 e. The van der Waals surface area contributed by atoms with Crippen molar-refractivity contribution in [3.05, 3.63) is 66.1 Å². The van der Waals surface area contributed by atoms with Crippen LogP contribution >= 0.6 is 0 Å². The minimum atomic E-state index is 0.617. The molecule has 0 saturated carbocycles. The highest BCUT2D eigenvalue weighted by molar-refractivity contribution is 6.03. The third kappa shape index (κ3) is 3.34. The number of anilines is 3. The van der Waals surface area contributed by atoms with Gasteiger partial charge in [0.2, 0.25) is 5.95 Å². The van der Waals surface area contributed by atoms with Crippen LogP contribution in [0.15, 0.2) is 55.0 Å². The summed E-state index contributed by atoms with van der Waals surface area (Å²) < 4.78 is 1.94. The van der Waals surface area contributed by atoms with Crippen molar-refractivity contribution in [2.24, 2.45) is 7.05 Å². The Morgan fingerprint density at radius 1 is 0.968 bits per heavy atom. The predicted molar refractivity (Wildman–Crippen MR) is 126 cm³/mol. The molecule has 0 unspecified atom stereocenters. The number of rotatable bonds is 4. The summed E-state index contributed by atoms with van der Waals surface area (Å²) in [5.41, 5.74) is 7.46. The molecule has 0 aliphatic heterocycles. The molecule has 0 atom stereocenters. The van der Waals surface area contributed by atoms with E-state index in [1.807, 2.05) is 50.4 Å². The smallest absolute Gasteiger partial charge is 0.222 e. The lowest BCUT2D eigenvalue weighted by Gasteiger charge is -2.11. The number of aryl methyl sites for hydroxylation is 3. The van der Waals surface area contributed by atoms with Crippen LogP contribution in [-0.4, -0.2) is 31.8 Å². The van der Waals surface area contributed by atoms with E-state index in [-0.39, 0.29) is 0 Å². The Morgan fingerprint density at radius 2 is 1.84 bits per heavy atom. The number of pyridine rings is 1. The molecule has 7 nitrogen and oxygen atoms in total. The quantitative estimate of drug-likeness (QED) is 0.436. The second-order valence-electron chi connectivity index (χ2n) is 7.72. The van der Waals surface area contributed by atoms with E-state index in [9.17, 15) is 0 Å². The Balaban J connectivity index is 1.66. The van der Waals surface area contributed by atoms with E-state index in [2.05, 4.69) is 62.8 Å². The molecular formula is C24H23N7. The molecule has 0 radical (unpaired) electrons. The molecule has 5 aromatic rings. The molecule has 0 aliphatic rings. The number of hydrogen-bond donors (Lipinski definition) is 2. The van der Waals surface area contributed by atoms with Gasteiger partial charge in [0.1, 0.15) is 0 Å². The van der Waals surface area contributed by atoms with Gasteiger partial charge in [-0.25, -0.2) is 9.97 Å². The predicted octanol–water partition coefficient (Wildman–Crippen LogP) is 4.98. The molecule has 2 aromatic carbocycles. The molecular weight excluding hydrogens is 386 g/mol. The summed E-state index contributed by atoms with van der Waals surface area (Å²) in [5.74, 6) is 1.43. The summed E-state index contributed by atoms with van der Waals surface area (Å²) in [6.45, 7) is 4.16. The normalized spacial score (nSPS) is 11.2. The number of nitrogens with one attached hydrogen (secondary N) is 2. The lowest BCUT2D eigenvalue weighted by atomic mass is 9.96. The summed E-state index contributed by atoms with van der Waals surface area (Å²) in [7, 11) is 3.80. The summed E-state index contributed by atoms with van der Waals surface area (Å²) in [6, 6.07) is 12.6. The minimum Gasteiger partial charge on any atom is -0.357 e. The molecule has 0 aliphatic carbocycles. The van der Waals surface area contributed by atoms with Crippen molar-refractivity contribution >= 4 is 39.3 Å². The average Bonchev–Trinajstić information content (AvgIpc) is 3.08. The van der Waals surface area contributed by atoms with Crippen LogP contribution in [0.5, 0.6) is 0 Å². The van der Waals surface area contributed by atoms with Gasteiger partial charge in [-0.05, 0) is 54.8 Å². The average molecular weight is 409 g/mol. The van der Waals surface area contributed by atoms with Gasteiger partial charge in [-0.15, -0.1) is 0 Å². The number of benzene rings is 2. The van der Waals surface area contributed by atoms with E-state index in [1.54, 1.807) is 0 Å². The van der Waals surface area contributed by atoms with Crippen LogP contribution < -0.4 is 10.6 Å². The SMILES string of the molecule is CNc1ncc2cc(-c3c(C)ccc4c(Nc5cncc(C)c5)nn(C)c34)ccc2n1. The second-order valence-corrected chi connectivity index (χ2v) is 7.72. The number of nitrogens with zero attached hydrogens (tertiary/aromatic N) is 5. The van der Waals surface area contributed by atoms with Gasteiger partial charge < -0.3 is 10.6 Å². The number of hydrogen-bond acceptors (Lipinski definition) is 6. The summed E-state index contributed by atoms with van der Waals surface area (Å²) in [4.78, 5) is 13.2. The Labute approximate surface area is 180 Å². The van der Waals surface area contributed by atoms with Crippen LogP contribution in [-0.2, 0) is 7.05 Å². The monoisotopic (exact) mass is 409 g/mol.